The molecule has 0 aliphatic carbocycles. The highest BCUT2D eigenvalue weighted by Gasteiger charge is 2.11. The lowest BCUT2D eigenvalue weighted by Gasteiger charge is -1.91. The van der Waals surface area contributed by atoms with Crippen LogP contribution in [0.3, 0.4) is 0 Å². The van der Waals surface area contributed by atoms with Crippen molar-refractivity contribution in [1.82, 2.24) is 15.0 Å². The molecule has 3 rings (SSSR count). The normalized spacial score (nSPS) is 10.7. The molecule has 3 aromatic heterocycles. The second-order valence-electron chi connectivity index (χ2n) is 3.59. The first kappa shape index (κ1) is 10.8. The van der Waals surface area contributed by atoms with Crippen LogP contribution in [-0.4, -0.2) is 26.0 Å². The van der Waals surface area contributed by atoms with E-state index in [1.54, 1.807) is 6.20 Å². The first-order valence-corrected chi connectivity index (χ1v) is 5.97. The van der Waals surface area contributed by atoms with Gasteiger partial charge in [0.05, 0.1) is 11.3 Å². The summed E-state index contributed by atoms with van der Waals surface area (Å²) in [5.41, 5.74) is 1.48. The molecule has 0 amide bonds. The molecule has 6 heteroatoms. The number of thiazole rings is 1. The third-order valence-electron chi connectivity index (χ3n) is 2.38. The Labute approximate surface area is 106 Å². The van der Waals surface area contributed by atoms with Gasteiger partial charge in [0.25, 0.3) is 0 Å². The van der Waals surface area contributed by atoms with Gasteiger partial charge < -0.3 is 5.11 Å². The fourth-order valence-electron chi connectivity index (χ4n) is 1.54. The van der Waals surface area contributed by atoms with Crippen molar-refractivity contribution in [2.24, 2.45) is 0 Å². The zero-order valence-electron chi connectivity index (χ0n) is 9.07. The molecule has 3 aromatic rings. The van der Waals surface area contributed by atoms with Crippen LogP contribution in [0.4, 0.5) is 0 Å². The van der Waals surface area contributed by atoms with Crippen molar-refractivity contribution >= 4 is 27.7 Å². The van der Waals surface area contributed by atoms with Gasteiger partial charge in [0.15, 0.2) is 0 Å². The predicted octanol–water partition coefficient (Wildman–Crippen LogP) is 2.45. The van der Waals surface area contributed by atoms with Crippen LogP contribution in [0, 0.1) is 0 Å². The smallest absolute Gasteiger partial charge is 0.337 e. The van der Waals surface area contributed by atoms with Crippen LogP contribution in [0.25, 0.3) is 21.0 Å². The van der Waals surface area contributed by atoms with E-state index in [1.165, 1.54) is 23.6 Å². The molecular formula is C12H7N3O2S. The van der Waals surface area contributed by atoms with Gasteiger partial charge in [0.1, 0.15) is 15.4 Å². The van der Waals surface area contributed by atoms with Crippen LogP contribution in [-0.2, 0) is 0 Å². The lowest BCUT2D eigenvalue weighted by atomic mass is 10.3. The second kappa shape index (κ2) is 4.15. The van der Waals surface area contributed by atoms with Gasteiger partial charge in [-0.3, -0.25) is 4.98 Å². The summed E-state index contributed by atoms with van der Waals surface area (Å²) in [6, 6.07) is 7.09. The summed E-state index contributed by atoms with van der Waals surface area (Å²) in [6.45, 7) is 0. The zero-order valence-corrected chi connectivity index (χ0v) is 9.89. The highest BCUT2D eigenvalue weighted by molar-refractivity contribution is 7.21. The summed E-state index contributed by atoms with van der Waals surface area (Å²) in [5.74, 6) is -1.00. The van der Waals surface area contributed by atoms with Gasteiger partial charge in [0.2, 0.25) is 0 Å². The number of nitrogens with zero attached hydrogens (tertiary/aromatic N) is 3. The molecule has 0 radical (unpaired) electrons. The number of carboxylic acid groups (broad SMARTS) is 1. The van der Waals surface area contributed by atoms with E-state index in [4.69, 9.17) is 5.11 Å². The van der Waals surface area contributed by atoms with Gasteiger partial charge in [-0.2, -0.15) is 0 Å². The Morgan fingerprint density at radius 2 is 2.17 bits per heavy atom. The van der Waals surface area contributed by atoms with Gasteiger partial charge in [0, 0.05) is 12.4 Å². The van der Waals surface area contributed by atoms with Crippen molar-refractivity contribution in [1.29, 1.82) is 0 Å². The summed E-state index contributed by atoms with van der Waals surface area (Å²) < 4.78 is 0. The van der Waals surface area contributed by atoms with E-state index >= 15 is 0 Å². The molecule has 0 aromatic carbocycles. The zero-order chi connectivity index (χ0) is 12.5. The van der Waals surface area contributed by atoms with Crippen molar-refractivity contribution in [3.8, 4) is 10.7 Å². The summed E-state index contributed by atoms with van der Waals surface area (Å²) in [6.07, 6.45) is 3.03. The molecule has 88 valence electrons. The van der Waals surface area contributed by atoms with Gasteiger partial charge in [-0.15, -0.1) is 0 Å². The Morgan fingerprint density at radius 3 is 2.89 bits per heavy atom. The van der Waals surface area contributed by atoms with Gasteiger partial charge in [-0.1, -0.05) is 17.4 Å². The van der Waals surface area contributed by atoms with Gasteiger partial charge in [-0.05, 0) is 18.2 Å². The Bertz CT molecular complexity index is 725. The van der Waals surface area contributed by atoms with Gasteiger partial charge in [-0.25, -0.2) is 14.8 Å². The van der Waals surface area contributed by atoms with Crippen LogP contribution in [0.2, 0.25) is 0 Å². The van der Waals surface area contributed by atoms with Gasteiger partial charge >= 0.3 is 5.97 Å². The first-order chi connectivity index (χ1) is 8.74. The molecule has 0 unspecified atom stereocenters. The number of aromatic nitrogens is 3. The number of hydrogen-bond acceptors (Lipinski definition) is 5. The third-order valence-corrected chi connectivity index (χ3v) is 3.38. The third kappa shape index (κ3) is 1.82. The molecular weight excluding hydrogens is 250 g/mol. The summed E-state index contributed by atoms with van der Waals surface area (Å²) >= 11 is 1.39. The van der Waals surface area contributed by atoms with Crippen LogP contribution in [0.15, 0.2) is 36.7 Å². The number of hydrogen-bond donors (Lipinski definition) is 1. The highest BCUT2D eigenvalue weighted by atomic mass is 32.1. The quantitative estimate of drug-likeness (QED) is 0.763. The molecule has 5 nitrogen and oxygen atoms in total. The fourth-order valence-corrected chi connectivity index (χ4v) is 2.41. The average Bonchev–Trinajstić information content (AvgIpc) is 2.82. The first-order valence-electron chi connectivity index (χ1n) is 5.15. The molecule has 0 saturated heterocycles. The second-order valence-corrected chi connectivity index (χ2v) is 4.56. The largest absolute Gasteiger partial charge is 0.478 e. The van der Waals surface area contributed by atoms with E-state index in [-0.39, 0.29) is 5.56 Å². The molecule has 0 aliphatic rings. The standard InChI is InChI=1S/C12H7N3O2S/c16-12(17)7-5-9-10(14-6-7)18-11(15-9)8-3-1-2-4-13-8/h1-6H,(H,16,17). The van der Waals surface area contributed by atoms with E-state index in [0.29, 0.717) is 10.3 Å². The Hall–Kier alpha value is -2.34. The lowest BCUT2D eigenvalue weighted by Crippen LogP contribution is -1.96. The minimum atomic E-state index is -1.00. The van der Waals surface area contributed by atoms with Crippen LogP contribution in [0.5, 0.6) is 0 Å². The van der Waals surface area contributed by atoms with Crippen molar-refractivity contribution in [2.75, 3.05) is 0 Å². The number of carbonyl (C=O) groups is 1. The van der Waals surface area contributed by atoms with E-state index in [9.17, 15) is 4.79 Å². The Kier molecular flexibility index (Phi) is 2.49. The van der Waals surface area contributed by atoms with E-state index in [0.717, 1.165) is 10.7 Å². The SMILES string of the molecule is O=C(O)c1cnc2sc(-c3ccccn3)nc2c1. The molecule has 0 atom stereocenters. The van der Waals surface area contributed by atoms with E-state index in [2.05, 4.69) is 15.0 Å². The van der Waals surface area contributed by atoms with E-state index in [1.807, 2.05) is 18.2 Å². The minimum Gasteiger partial charge on any atom is -0.478 e. The monoisotopic (exact) mass is 257 g/mol. The van der Waals surface area contributed by atoms with E-state index < -0.39 is 5.97 Å². The molecule has 3 heterocycles. The topological polar surface area (TPSA) is 76.0 Å². The fraction of sp³-hybridized carbons (Fsp3) is 0. The van der Waals surface area contributed by atoms with Crippen LogP contribution < -0.4 is 0 Å². The number of fused-ring (bicyclic) bond motifs is 1. The molecule has 1 N–H and O–H groups in total. The minimum absolute atomic E-state index is 0.139. The summed E-state index contributed by atoms with van der Waals surface area (Å²) in [4.78, 5) is 24.2. The average molecular weight is 257 g/mol. The lowest BCUT2D eigenvalue weighted by molar-refractivity contribution is 0.0696. The molecule has 0 spiro atoms. The molecule has 0 bridgehead atoms. The maximum atomic E-state index is 10.8. The van der Waals surface area contributed by atoms with Crippen molar-refractivity contribution < 1.29 is 9.90 Å². The molecule has 0 saturated carbocycles. The number of aromatic carboxylic acids is 1. The molecule has 0 aliphatic heterocycles. The molecule has 18 heavy (non-hydrogen) atoms. The number of carboxylic acids is 1. The maximum Gasteiger partial charge on any atom is 0.337 e. The van der Waals surface area contributed by atoms with Crippen molar-refractivity contribution in [3.63, 3.8) is 0 Å². The maximum absolute atomic E-state index is 10.8. The highest BCUT2D eigenvalue weighted by Crippen LogP contribution is 2.27. The Morgan fingerprint density at radius 1 is 1.28 bits per heavy atom. The van der Waals surface area contributed by atoms with Crippen LogP contribution >= 0.6 is 11.3 Å². The van der Waals surface area contributed by atoms with Crippen molar-refractivity contribution in [3.05, 3.63) is 42.2 Å². The predicted molar refractivity (Wildman–Crippen MR) is 67.6 cm³/mol. The number of pyridine rings is 2. The summed E-state index contributed by atoms with van der Waals surface area (Å²) in [7, 11) is 0. The summed E-state index contributed by atoms with van der Waals surface area (Å²) in [5, 5.41) is 9.63. The van der Waals surface area contributed by atoms with Crippen molar-refractivity contribution in [2.45, 2.75) is 0 Å². The number of rotatable bonds is 2. The van der Waals surface area contributed by atoms with Crippen LogP contribution in [0.1, 0.15) is 10.4 Å². The Balaban J connectivity index is 2.14. The molecule has 0 fully saturated rings.